The van der Waals surface area contributed by atoms with Crippen LogP contribution in [0.4, 0.5) is 0 Å². The van der Waals surface area contributed by atoms with E-state index >= 15 is 0 Å². The molecule has 0 saturated carbocycles. The van der Waals surface area contributed by atoms with Crippen molar-refractivity contribution in [3.8, 4) is 0 Å². The van der Waals surface area contributed by atoms with Crippen LogP contribution in [0, 0.1) is 0 Å². The van der Waals surface area contributed by atoms with Crippen LogP contribution < -0.4 is 5.56 Å². The highest BCUT2D eigenvalue weighted by molar-refractivity contribution is 9.10. The van der Waals surface area contributed by atoms with Gasteiger partial charge in [0.1, 0.15) is 4.47 Å². The van der Waals surface area contributed by atoms with Crippen molar-refractivity contribution in [1.82, 2.24) is 10.2 Å². The van der Waals surface area contributed by atoms with Gasteiger partial charge in [0, 0.05) is 5.33 Å². The number of aromatic amines is 2. The SMILES string of the molecule is O=c1[nH][nH]c(CC(CCBr)c2ccccc2)c1Br. The third kappa shape index (κ3) is 3.14. The van der Waals surface area contributed by atoms with Gasteiger partial charge in [0.15, 0.2) is 0 Å². The van der Waals surface area contributed by atoms with Gasteiger partial charge >= 0.3 is 0 Å². The molecule has 1 unspecified atom stereocenters. The fourth-order valence-electron chi connectivity index (χ4n) is 2.01. The first-order valence-corrected chi connectivity index (χ1v) is 7.69. The van der Waals surface area contributed by atoms with Crippen LogP contribution >= 0.6 is 31.9 Å². The second-order valence-corrected chi connectivity index (χ2v) is 5.75. The van der Waals surface area contributed by atoms with Crippen molar-refractivity contribution in [1.29, 1.82) is 0 Å². The molecule has 3 nitrogen and oxygen atoms in total. The molecule has 5 heteroatoms. The van der Waals surface area contributed by atoms with E-state index in [2.05, 4.69) is 54.2 Å². The molecule has 0 fully saturated rings. The number of halogens is 2. The molecular weight excluding hydrogens is 360 g/mol. The van der Waals surface area contributed by atoms with Gasteiger partial charge in [-0.05, 0) is 40.3 Å². The summed E-state index contributed by atoms with van der Waals surface area (Å²) in [4.78, 5) is 11.4. The Morgan fingerprint density at radius 2 is 1.89 bits per heavy atom. The van der Waals surface area contributed by atoms with Crippen LogP contribution in [0.1, 0.15) is 23.6 Å². The zero-order valence-corrected chi connectivity index (χ0v) is 12.9. The van der Waals surface area contributed by atoms with Gasteiger partial charge in [0.2, 0.25) is 0 Å². The molecule has 0 saturated heterocycles. The topological polar surface area (TPSA) is 48.6 Å². The van der Waals surface area contributed by atoms with Crippen LogP contribution in [-0.2, 0) is 6.42 Å². The van der Waals surface area contributed by atoms with E-state index in [1.165, 1.54) is 5.56 Å². The lowest BCUT2D eigenvalue weighted by atomic mass is 9.92. The summed E-state index contributed by atoms with van der Waals surface area (Å²) < 4.78 is 0.609. The first-order chi connectivity index (χ1) is 8.72. The number of hydrogen-bond donors (Lipinski definition) is 2. The van der Waals surface area contributed by atoms with Gasteiger partial charge in [0.05, 0.1) is 5.69 Å². The average molecular weight is 374 g/mol. The minimum absolute atomic E-state index is 0.101. The van der Waals surface area contributed by atoms with Gasteiger partial charge < -0.3 is 5.10 Å². The molecule has 2 aromatic rings. The minimum Gasteiger partial charge on any atom is -0.301 e. The van der Waals surface area contributed by atoms with Gasteiger partial charge in [-0.15, -0.1) is 0 Å². The Balaban J connectivity index is 2.22. The van der Waals surface area contributed by atoms with E-state index in [0.29, 0.717) is 10.4 Å². The molecule has 1 aromatic carbocycles. The Morgan fingerprint density at radius 3 is 2.44 bits per heavy atom. The molecule has 2 rings (SSSR count). The monoisotopic (exact) mass is 372 g/mol. The number of rotatable bonds is 5. The lowest BCUT2D eigenvalue weighted by Crippen LogP contribution is -2.05. The highest BCUT2D eigenvalue weighted by Crippen LogP contribution is 2.26. The summed E-state index contributed by atoms with van der Waals surface area (Å²) in [7, 11) is 0. The van der Waals surface area contributed by atoms with Crippen molar-refractivity contribution in [3.05, 3.63) is 56.4 Å². The molecule has 0 aliphatic heterocycles. The van der Waals surface area contributed by atoms with Crippen LogP contribution in [0.5, 0.6) is 0 Å². The van der Waals surface area contributed by atoms with Crippen LogP contribution in [0.2, 0.25) is 0 Å². The van der Waals surface area contributed by atoms with Crippen molar-refractivity contribution >= 4 is 31.9 Å². The van der Waals surface area contributed by atoms with Crippen molar-refractivity contribution in [2.45, 2.75) is 18.8 Å². The summed E-state index contributed by atoms with van der Waals surface area (Å²) in [6, 6.07) is 10.4. The van der Waals surface area contributed by atoms with E-state index in [-0.39, 0.29) is 5.56 Å². The van der Waals surface area contributed by atoms with E-state index in [9.17, 15) is 4.79 Å². The molecule has 0 spiro atoms. The molecule has 18 heavy (non-hydrogen) atoms. The van der Waals surface area contributed by atoms with Gasteiger partial charge in [0.25, 0.3) is 5.56 Å². The van der Waals surface area contributed by atoms with Crippen molar-refractivity contribution in [2.24, 2.45) is 0 Å². The number of hydrogen-bond acceptors (Lipinski definition) is 1. The van der Waals surface area contributed by atoms with Crippen molar-refractivity contribution in [3.63, 3.8) is 0 Å². The van der Waals surface area contributed by atoms with E-state index in [1.54, 1.807) is 0 Å². The van der Waals surface area contributed by atoms with Gasteiger partial charge in [-0.1, -0.05) is 46.3 Å². The maximum atomic E-state index is 11.4. The van der Waals surface area contributed by atoms with Gasteiger partial charge in [-0.25, -0.2) is 0 Å². The Bertz CT molecular complexity index is 548. The van der Waals surface area contributed by atoms with E-state index in [0.717, 1.165) is 23.9 Å². The molecule has 0 aliphatic rings. The molecular formula is C13H14Br2N2O. The number of benzene rings is 1. The predicted molar refractivity (Wildman–Crippen MR) is 80.4 cm³/mol. The predicted octanol–water partition coefficient (Wildman–Crippen LogP) is 3.58. The molecule has 96 valence electrons. The lowest BCUT2D eigenvalue weighted by molar-refractivity contribution is 0.654. The van der Waals surface area contributed by atoms with Crippen molar-refractivity contribution < 1.29 is 0 Å². The maximum Gasteiger partial charge on any atom is 0.278 e. The second-order valence-electron chi connectivity index (χ2n) is 4.16. The first kappa shape index (κ1) is 13.6. The van der Waals surface area contributed by atoms with Crippen LogP contribution in [0.25, 0.3) is 0 Å². The summed E-state index contributed by atoms with van der Waals surface area (Å²) in [6.07, 6.45) is 1.85. The maximum absolute atomic E-state index is 11.4. The summed E-state index contributed by atoms with van der Waals surface area (Å²) >= 11 is 6.81. The highest BCUT2D eigenvalue weighted by Gasteiger charge is 2.15. The molecule has 0 aliphatic carbocycles. The Hall–Kier alpha value is -0.810. The zero-order chi connectivity index (χ0) is 13.0. The molecule has 0 radical (unpaired) electrons. The average Bonchev–Trinajstić information content (AvgIpc) is 2.71. The number of nitrogens with one attached hydrogen (secondary N) is 2. The third-order valence-corrected chi connectivity index (χ3v) is 4.27. The number of H-pyrrole nitrogens is 2. The quantitative estimate of drug-likeness (QED) is 0.773. The molecule has 2 N–H and O–H groups in total. The molecule has 0 amide bonds. The van der Waals surface area contributed by atoms with Gasteiger partial charge in [-0.3, -0.25) is 9.89 Å². The van der Waals surface area contributed by atoms with Crippen molar-refractivity contribution in [2.75, 3.05) is 5.33 Å². The van der Waals surface area contributed by atoms with Crippen LogP contribution in [-0.4, -0.2) is 15.5 Å². The second kappa shape index (κ2) is 6.38. The molecule has 0 bridgehead atoms. The molecule has 1 aromatic heterocycles. The fourth-order valence-corrected chi connectivity index (χ4v) is 2.92. The zero-order valence-electron chi connectivity index (χ0n) is 9.75. The number of aromatic nitrogens is 2. The van der Waals surface area contributed by atoms with E-state index in [4.69, 9.17) is 0 Å². The summed E-state index contributed by atoms with van der Waals surface area (Å²) in [5.41, 5.74) is 2.12. The standard InChI is InChI=1S/C13H14Br2N2O/c14-7-6-10(9-4-2-1-3-5-9)8-11-12(15)13(18)17-16-11/h1-5,10H,6-8H2,(H2,16,17,18). The molecule has 1 heterocycles. The Morgan fingerprint density at radius 1 is 1.17 bits per heavy atom. The Kier molecular flexibility index (Phi) is 4.83. The van der Waals surface area contributed by atoms with Crippen LogP contribution in [0.15, 0.2) is 39.6 Å². The summed E-state index contributed by atoms with van der Waals surface area (Å²) in [5, 5.41) is 6.47. The smallest absolute Gasteiger partial charge is 0.278 e. The summed E-state index contributed by atoms with van der Waals surface area (Å²) in [6.45, 7) is 0. The normalized spacial score (nSPS) is 12.6. The summed E-state index contributed by atoms with van der Waals surface area (Å²) in [5.74, 6) is 0.397. The number of alkyl halides is 1. The largest absolute Gasteiger partial charge is 0.301 e. The third-order valence-electron chi connectivity index (χ3n) is 2.97. The lowest BCUT2D eigenvalue weighted by Gasteiger charge is -2.15. The fraction of sp³-hybridized carbons (Fsp3) is 0.308. The van der Waals surface area contributed by atoms with E-state index < -0.39 is 0 Å². The van der Waals surface area contributed by atoms with Gasteiger partial charge in [-0.2, -0.15) is 0 Å². The van der Waals surface area contributed by atoms with E-state index in [1.807, 2.05) is 18.2 Å². The Labute approximate surface area is 122 Å². The van der Waals surface area contributed by atoms with Crippen LogP contribution in [0.3, 0.4) is 0 Å². The highest BCUT2D eigenvalue weighted by atomic mass is 79.9. The minimum atomic E-state index is -0.101. The molecule has 1 atom stereocenters. The first-order valence-electron chi connectivity index (χ1n) is 5.78.